The zero-order valence-electron chi connectivity index (χ0n) is 10.8. The molecule has 0 spiro atoms. The lowest BCUT2D eigenvalue weighted by atomic mass is 9.98. The summed E-state index contributed by atoms with van der Waals surface area (Å²) in [6.07, 6.45) is 4.88. The molecule has 2 unspecified atom stereocenters. The zero-order chi connectivity index (χ0) is 12.2. The minimum atomic E-state index is -0.668. The molecule has 0 aromatic rings. The van der Waals surface area contributed by atoms with E-state index in [1.54, 1.807) is 0 Å². The lowest BCUT2D eigenvalue weighted by molar-refractivity contribution is -0.135. The molecule has 0 saturated carbocycles. The van der Waals surface area contributed by atoms with Crippen LogP contribution in [0.25, 0.3) is 0 Å². The SMILES string of the molecule is CCCCC(CC)C(=O)N1CCC(C)(O)C1. The molecular weight excluding hydrogens is 202 g/mol. The highest BCUT2D eigenvalue weighted by molar-refractivity contribution is 5.79. The lowest BCUT2D eigenvalue weighted by Gasteiger charge is -2.23. The third kappa shape index (κ3) is 3.48. The Hall–Kier alpha value is -0.570. The summed E-state index contributed by atoms with van der Waals surface area (Å²) in [6, 6.07) is 0. The maximum Gasteiger partial charge on any atom is 0.225 e. The molecule has 2 atom stereocenters. The predicted octanol–water partition coefficient (Wildman–Crippen LogP) is 2.19. The van der Waals surface area contributed by atoms with E-state index in [-0.39, 0.29) is 11.8 Å². The number of likely N-dealkylation sites (tertiary alicyclic amines) is 1. The van der Waals surface area contributed by atoms with Crippen molar-refractivity contribution < 1.29 is 9.90 Å². The molecule has 1 aliphatic rings. The molecule has 0 aromatic heterocycles. The molecule has 16 heavy (non-hydrogen) atoms. The van der Waals surface area contributed by atoms with Gasteiger partial charge in [-0.15, -0.1) is 0 Å². The molecule has 1 saturated heterocycles. The fraction of sp³-hybridized carbons (Fsp3) is 0.923. The second-order valence-corrected chi connectivity index (χ2v) is 5.25. The van der Waals surface area contributed by atoms with Crippen LogP contribution >= 0.6 is 0 Å². The standard InChI is InChI=1S/C13H25NO2/c1-4-6-7-11(5-2)12(15)14-9-8-13(3,16)10-14/h11,16H,4-10H2,1-3H3. The van der Waals surface area contributed by atoms with Gasteiger partial charge in [-0.05, 0) is 26.2 Å². The first-order chi connectivity index (χ1) is 7.50. The molecule has 3 heteroatoms. The van der Waals surface area contributed by atoms with Gasteiger partial charge in [-0.1, -0.05) is 26.7 Å². The molecule has 1 fully saturated rings. The number of amides is 1. The Morgan fingerprint density at radius 1 is 1.50 bits per heavy atom. The van der Waals surface area contributed by atoms with Gasteiger partial charge in [0.05, 0.1) is 5.60 Å². The lowest BCUT2D eigenvalue weighted by Crippen LogP contribution is -2.37. The first-order valence-corrected chi connectivity index (χ1v) is 6.51. The number of β-amino-alcohol motifs (C(OH)–C–C–N with tert-alkyl or cyclic N) is 1. The van der Waals surface area contributed by atoms with Crippen LogP contribution in [0.15, 0.2) is 0 Å². The van der Waals surface area contributed by atoms with Crippen molar-refractivity contribution in [1.82, 2.24) is 4.90 Å². The fourth-order valence-corrected chi connectivity index (χ4v) is 2.34. The van der Waals surface area contributed by atoms with Crippen molar-refractivity contribution in [2.24, 2.45) is 5.92 Å². The minimum absolute atomic E-state index is 0.161. The van der Waals surface area contributed by atoms with E-state index in [2.05, 4.69) is 13.8 Å². The first kappa shape index (κ1) is 13.5. The summed E-state index contributed by atoms with van der Waals surface area (Å²) >= 11 is 0. The van der Waals surface area contributed by atoms with Gasteiger partial charge in [0.2, 0.25) is 5.91 Å². The Balaban J connectivity index is 2.49. The van der Waals surface area contributed by atoms with Crippen LogP contribution in [0.3, 0.4) is 0 Å². The molecule has 0 aromatic carbocycles. The third-order valence-electron chi connectivity index (χ3n) is 3.51. The number of carbonyl (C=O) groups excluding carboxylic acids is 1. The molecule has 1 heterocycles. The predicted molar refractivity (Wildman–Crippen MR) is 65.1 cm³/mol. The van der Waals surface area contributed by atoms with Crippen molar-refractivity contribution in [3.05, 3.63) is 0 Å². The summed E-state index contributed by atoms with van der Waals surface area (Å²) in [5.41, 5.74) is -0.668. The van der Waals surface area contributed by atoms with Gasteiger partial charge in [-0.3, -0.25) is 4.79 Å². The molecule has 0 radical (unpaired) electrons. The van der Waals surface area contributed by atoms with Crippen LogP contribution in [0.5, 0.6) is 0 Å². The van der Waals surface area contributed by atoms with Crippen LogP contribution in [0, 0.1) is 5.92 Å². The highest BCUT2D eigenvalue weighted by Gasteiger charge is 2.35. The van der Waals surface area contributed by atoms with E-state index in [4.69, 9.17) is 0 Å². The smallest absolute Gasteiger partial charge is 0.225 e. The quantitative estimate of drug-likeness (QED) is 0.782. The fourth-order valence-electron chi connectivity index (χ4n) is 2.34. The van der Waals surface area contributed by atoms with E-state index in [9.17, 15) is 9.90 Å². The molecule has 94 valence electrons. The number of rotatable bonds is 5. The normalized spacial score (nSPS) is 27.1. The van der Waals surface area contributed by atoms with E-state index < -0.39 is 5.60 Å². The number of carbonyl (C=O) groups is 1. The Bertz CT molecular complexity index is 238. The summed E-state index contributed by atoms with van der Waals surface area (Å²) in [5, 5.41) is 9.85. The molecular formula is C13H25NO2. The van der Waals surface area contributed by atoms with Crippen molar-refractivity contribution in [2.75, 3.05) is 13.1 Å². The van der Waals surface area contributed by atoms with Crippen LogP contribution in [-0.2, 0) is 4.79 Å². The van der Waals surface area contributed by atoms with Crippen LogP contribution in [0.2, 0.25) is 0 Å². The number of hydrogen-bond donors (Lipinski definition) is 1. The van der Waals surface area contributed by atoms with Crippen molar-refractivity contribution >= 4 is 5.91 Å². The summed E-state index contributed by atoms with van der Waals surface area (Å²) in [7, 11) is 0. The van der Waals surface area contributed by atoms with Gasteiger partial charge in [0.1, 0.15) is 0 Å². The van der Waals surface area contributed by atoms with Crippen molar-refractivity contribution in [3.63, 3.8) is 0 Å². The van der Waals surface area contributed by atoms with Gasteiger partial charge in [-0.25, -0.2) is 0 Å². The van der Waals surface area contributed by atoms with E-state index in [0.29, 0.717) is 19.5 Å². The minimum Gasteiger partial charge on any atom is -0.388 e. The number of hydrogen-bond acceptors (Lipinski definition) is 2. The average Bonchev–Trinajstić information content (AvgIpc) is 2.59. The van der Waals surface area contributed by atoms with Crippen molar-refractivity contribution in [1.29, 1.82) is 0 Å². The Kier molecular flexibility index (Phi) is 4.78. The monoisotopic (exact) mass is 227 g/mol. The number of unbranched alkanes of at least 4 members (excludes halogenated alkanes) is 1. The van der Waals surface area contributed by atoms with Gasteiger partial charge in [-0.2, -0.15) is 0 Å². The second kappa shape index (κ2) is 5.67. The van der Waals surface area contributed by atoms with Crippen LogP contribution in [0.1, 0.15) is 52.9 Å². The molecule has 0 aliphatic carbocycles. The average molecular weight is 227 g/mol. The van der Waals surface area contributed by atoms with Gasteiger partial charge in [0.15, 0.2) is 0 Å². The summed E-state index contributed by atoms with van der Waals surface area (Å²) in [6.45, 7) is 7.26. The summed E-state index contributed by atoms with van der Waals surface area (Å²) in [5.74, 6) is 0.405. The number of aliphatic hydroxyl groups is 1. The maximum atomic E-state index is 12.2. The van der Waals surface area contributed by atoms with Gasteiger partial charge < -0.3 is 10.0 Å². The first-order valence-electron chi connectivity index (χ1n) is 6.51. The summed E-state index contributed by atoms with van der Waals surface area (Å²) in [4.78, 5) is 14.0. The van der Waals surface area contributed by atoms with E-state index in [1.807, 2.05) is 11.8 Å². The Morgan fingerprint density at radius 2 is 2.19 bits per heavy atom. The molecule has 1 amide bonds. The topological polar surface area (TPSA) is 40.5 Å². The Morgan fingerprint density at radius 3 is 2.62 bits per heavy atom. The van der Waals surface area contributed by atoms with Crippen LogP contribution in [-0.4, -0.2) is 34.6 Å². The molecule has 1 aliphatic heterocycles. The molecule has 0 bridgehead atoms. The zero-order valence-corrected chi connectivity index (χ0v) is 10.8. The highest BCUT2D eigenvalue weighted by Crippen LogP contribution is 2.24. The van der Waals surface area contributed by atoms with Gasteiger partial charge >= 0.3 is 0 Å². The largest absolute Gasteiger partial charge is 0.388 e. The van der Waals surface area contributed by atoms with Crippen LogP contribution < -0.4 is 0 Å². The van der Waals surface area contributed by atoms with Gasteiger partial charge in [0.25, 0.3) is 0 Å². The second-order valence-electron chi connectivity index (χ2n) is 5.25. The van der Waals surface area contributed by atoms with E-state index in [1.165, 1.54) is 0 Å². The molecule has 1 N–H and O–H groups in total. The van der Waals surface area contributed by atoms with Crippen LogP contribution in [0.4, 0.5) is 0 Å². The molecule has 3 nitrogen and oxygen atoms in total. The van der Waals surface area contributed by atoms with Crippen molar-refractivity contribution in [3.8, 4) is 0 Å². The van der Waals surface area contributed by atoms with E-state index in [0.717, 1.165) is 25.7 Å². The number of nitrogens with zero attached hydrogens (tertiary/aromatic N) is 1. The third-order valence-corrected chi connectivity index (χ3v) is 3.51. The maximum absolute atomic E-state index is 12.2. The van der Waals surface area contributed by atoms with E-state index >= 15 is 0 Å². The summed E-state index contributed by atoms with van der Waals surface area (Å²) < 4.78 is 0. The van der Waals surface area contributed by atoms with Crippen molar-refractivity contribution in [2.45, 2.75) is 58.5 Å². The highest BCUT2D eigenvalue weighted by atomic mass is 16.3. The Labute approximate surface area is 98.8 Å². The molecule has 1 rings (SSSR count). The van der Waals surface area contributed by atoms with Gasteiger partial charge in [0, 0.05) is 19.0 Å².